The summed E-state index contributed by atoms with van der Waals surface area (Å²) in [4.78, 5) is 12.1. The molecule has 0 saturated heterocycles. The Hall–Kier alpha value is -2.75. The van der Waals surface area contributed by atoms with E-state index in [1.54, 1.807) is 6.08 Å². The van der Waals surface area contributed by atoms with Gasteiger partial charge in [0.2, 0.25) is 5.91 Å². The third-order valence-corrected chi connectivity index (χ3v) is 3.94. The van der Waals surface area contributed by atoms with Gasteiger partial charge in [0.1, 0.15) is 13.2 Å². The lowest BCUT2D eigenvalue weighted by atomic mass is 10.1. The monoisotopic (exact) mass is 323 g/mol. The van der Waals surface area contributed by atoms with Gasteiger partial charge in [0, 0.05) is 18.2 Å². The predicted molar refractivity (Wildman–Crippen MR) is 94.2 cm³/mol. The molecule has 24 heavy (non-hydrogen) atoms. The summed E-state index contributed by atoms with van der Waals surface area (Å²) in [6.45, 7) is 5.59. The predicted octanol–water partition coefficient (Wildman–Crippen LogP) is 3.40. The van der Waals surface area contributed by atoms with Gasteiger partial charge in [-0.1, -0.05) is 35.9 Å². The summed E-state index contributed by atoms with van der Waals surface area (Å²) < 4.78 is 11.2. The second-order valence-electron chi connectivity index (χ2n) is 5.85. The maximum absolute atomic E-state index is 12.1. The Morgan fingerprint density at radius 2 is 2.00 bits per heavy atom. The number of aryl methyl sites for hydroxylation is 2. The van der Waals surface area contributed by atoms with Gasteiger partial charge in [-0.05, 0) is 37.1 Å². The highest BCUT2D eigenvalue weighted by atomic mass is 16.6. The number of fused-ring (bicyclic) bond motifs is 1. The van der Waals surface area contributed by atoms with Crippen molar-refractivity contribution in [1.82, 2.24) is 5.32 Å². The Morgan fingerprint density at radius 1 is 1.17 bits per heavy atom. The molecule has 0 radical (unpaired) electrons. The molecule has 1 N–H and O–H groups in total. The summed E-state index contributed by atoms with van der Waals surface area (Å²) in [5.74, 6) is 1.32. The molecule has 0 aliphatic carbocycles. The SMILES string of the molecule is Cc1ccc(/C=C/C(=O)NCc2cccc3c2OCCO3)c(C)c1. The number of hydrogen-bond acceptors (Lipinski definition) is 3. The van der Waals surface area contributed by atoms with E-state index in [0.717, 1.165) is 28.2 Å². The van der Waals surface area contributed by atoms with Crippen LogP contribution in [0.15, 0.2) is 42.5 Å². The topological polar surface area (TPSA) is 47.6 Å². The Balaban J connectivity index is 1.63. The molecule has 1 heterocycles. The molecule has 4 nitrogen and oxygen atoms in total. The summed E-state index contributed by atoms with van der Waals surface area (Å²) in [6.07, 6.45) is 3.40. The van der Waals surface area contributed by atoms with E-state index < -0.39 is 0 Å². The molecule has 2 aromatic rings. The minimum Gasteiger partial charge on any atom is -0.486 e. The van der Waals surface area contributed by atoms with Gasteiger partial charge in [-0.2, -0.15) is 0 Å². The quantitative estimate of drug-likeness (QED) is 0.877. The zero-order valence-corrected chi connectivity index (χ0v) is 14.0. The largest absolute Gasteiger partial charge is 0.486 e. The first-order valence-corrected chi connectivity index (χ1v) is 8.04. The maximum Gasteiger partial charge on any atom is 0.244 e. The van der Waals surface area contributed by atoms with E-state index >= 15 is 0 Å². The Bertz CT molecular complexity index is 780. The van der Waals surface area contributed by atoms with E-state index in [0.29, 0.717) is 19.8 Å². The number of para-hydroxylation sites is 1. The minimum absolute atomic E-state index is 0.135. The second kappa shape index (κ2) is 7.21. The molecule has 0 saturated carbocycles. The molecule has 1 amide bonds. The number of carbonyl (C=O) groups is 1. The summed E-state index contributed by atoms with van der Waals surface area (Å²) >= 11 is 0. The molecule has 1 aliphatic rings. The third kappa shape index (κ3) is 3.77. The van der Waals surface area contributed by atoms with Crippen molar-refractivity contribution >= 4 is 12.0 Å². The van der Waals surface area contributed by atoms with Crippen LogP contribution < -0.4 is 14.8 Å². The summed E-state index contributed by atoms with van der Waals surface area (Å²) in [7, 11) is 0. The van der Waals surface area contributed by atoms with E-state index in [1.807, 2.05) is 43.3 Å². The zero-order chi connectivity index (χ0) is 16.9. The fourth-order valence-electron chi connectivity index (χ4n) is 2.69. The molecular formula is C20H21NO3. The lowest BCUT2D eigenvalue weighted by molar-refractivity contribution is -0.116. The van der Waals surface area contributed by atoms with Crippen LogP contribution in [0, 0.1) is 13.8 Å². The van der Waals surface area contributed by atoms with Gasteiger partial charge >= 0.3 is 0 Å². The van der Waals surface area contributed by atoms with Gasteiger partial charge < -0.3 is 14.8 Å². The van der Waals surface area contributed by atoms with Crippen molar-refractivity contribution in [2.45, 2.75) is 20.4 Å². The first-order valence-electron chi connectivity index (χ1n) is 8.04. The average molecular weight is 323 g/mol. The molecule has 0 fully saturated rings. The van der Waals surface area contributed by atoms with Crippen LogP contribution in [0.5, 0.6) is 11.5 Å². The normalized spacial score (nSPS) is 13.1. The average Bonchev–Trinajstić information content (AvgIpc) is 2.59. The van der Waals surface area contributed by atoms with Gasteiger partial charge in [-0.15, -0.1) is 0 Å². The lowest BCUT2D eigenvalue weighted by Crippen LogP contribution is -2.22. The van der Waals surface area contributed by atoms with Gasteiger partial charge in [-0.25, -0.2) is 0 Å². The molecule has 0 aromatic heterocycles. The van der Waals surface area contributed by atoms with Crippen molar-refractivity contribution in [1.29, 1.82) is 0 Å². The first kappa shape index (κ1) is 16.1. The van der Waals surface area contributed by atoms with Crippen LogP contribution in [-0.4, -0.2) is 19.1 Å². The maximum atomic E-state index is 12.1. The highest BCUT2D eigenvalue weighted by Gasteiger charge is 2.15. The lowest BCUT2D eigenvalue weighted by Gasteiger charge is -2.20. The Morgan fingerprint density at radius 3 is 2.83 bits per heavy atom. The minimum atomic E-state index is -0.135. The molecule has 0 bridgehead atoms. The smallest absolute Gasteiger partial charge is 0.244 e. The summed E-state index contributed by atoms with van der Waals surface area (Å²) in [6, 6.07) is 11.9. The van der Waals surface area contributed by atoms with E-state index in [9.17, 15) is 4.79 Å². The third-order valence-electron chi connectivity index (χ3n) is 3.94. The van der Waals surface area contributed by atoms with E-state index in [-0.39, 0.29) is 5.91 Å². The van der Waals surface area contributed by atoms with Gasteiger partial charge in [0.05, 0.1) is 0 Å². The zero-order valence-electron chi connectivity index (χ0n) is 14.0. The van der Waals surface area contributed by atoms with Crippen molar-refractivity contribution in [3.8, 4) is 11.5 Å². The molecule has 0 spiro atoms. The molecule has 2 aromatic carbocycles. The van der Waals surface area contributed by atoms with Crippen LogP contribution >= 0.6 is 0 Å². The van der Waals surface area contributed by atoms with Crippen LogP contribution in [0.25, 0.3) is 6.08 Å². The fraction of sp³-hybridized carbons (Fsp3) is 0.250. The number of hydrogen-bond donors (Lipinski definition) is 1. The van der Waals surface area contributed by atoms with Gasteiger partial charge in [0.25, 0.3) is 0 Å². The van der Waals surface area contributed by atoms with Crippen LogP contribution in [0.2, 0.25) is 0 Å². The van der Waals surface area contributed by atoms with Gasteiger partial charge in [0.15, 0.2) is 11.5 Å². The van der Waals surface area contributed by atoms with E-state index in [1.165, 1.54) is 5.56 Å². The molecule has 0 atom stereocenters. The number of rotatable bonds is 4. The molecule has 1 aliphatic heterocycles. The summed E-state index contributed by atoms with van der Waals surface area (Å²) in [5, 5.41) is 2.89. The fourth-order valence-corrected chi connectivity index (χ4v) is 2.69. The second-order valence-corrected chi connectivity index (χ2v) is 5.85. The van der Waals surface area contributed by atoms with E-state index in [2.05, 4.69) is 18.3 Å². The summed E-state index contributed by atoms with van der Waals surface area (Å²) in [5.41, 5.74) is 4.33. The Labute approximate surface area is 142 Å². The van der Waals surface area contributed by atoms with Crippen LogP contribution in [0.1, 0.15) is 22.3 Å². The molecule has 124 valence electrons. The molecular weight excluding hydrogens is 302 g/mol. The van der Waals surface area contributed by atoms with Crippen molar-refractivity contribution in [3.63, 3.8) is 0 Å². The van der Waals surface area contributed by atoms with Crippen molar-refractivity contribution < 1.29 is 14.3 Å². The number of ether oxygens (including phenoxy) is 2. The van der Waals surface area contributed by atoms with Crippen molar-refractivity contribution in [2.75, 3.05) is 13.2 Å². The van der Waals surface area contributed by atoms with Gasteiger partial charge in [-0.3, -0.25) is 4.79 Å². The Kier molecular flexibility index (Phi) is 4.85. The number of carbonyl (C=O) groups excluding carboxylic acids is 1. The highest BCUT2D eigenvalue weighted by molar-refractivity contribution is 5.91. The van der Waals surface area contributed by atoms with Crippen molar-refractivity contribution in [3.05, 3.63) is 64.7 Å². The van der Waals surface area contributed by atoms with Crippen molar-refractivity contribution in [2.24, 2.45) is 0 Å². The number of benzene rings is 2. The number of amides is 1. The van der Waals surface area contributed by atoms with Crippen LogP contribution in [-0.2, 0) is 11.3 Å². The first-order chi connectivity index (χ1) is 11.6. The standard InChI is InChI=1S/C20H21NO3/c1-14-6-7-16(15(2)12-14)8-9-19(22)21-13-17-4-3-5-18-20(17)24-11-10-23-18/h3-9,12H,10-11,13H2,1-2H3,(H,21,22)/b9-8+. The molecule has 4 heteroatoms. The van der Waals surface area contributed by atoms with E-state index in [4.69, 9.17) is 9.47 Å². The van der Waals surface area contributed by atoms with Crippen LogP contribution in [0.4, 0.5) is 0 Å². The number of nitrogens with one attached hydrogen (secondary N) is 1. The highest BCUT2D eigenvalue weighted by Crippen LogP contribution is 2.33. The van der Waals surface area contributed by atoms with Crippen LogP contribution in [0.3, 0.4) is 0 Å². The molecule has 0 unspecified atom stereocenters. The molecule has 3 rings (SSSR count).